The highest BCUT2D eigenvalue weighted by molar-refractivity contribution is 5.75. The van der Waals surface area contributed by atoms with Crippen molar-refractivity contribution in [3.05, 3.63) is 77.9 Å². The Hall–Kier alpha value is -3.34. The number of aliphatic carboxylic acids is 1. The van der Waals surface area contributed by atoms with Gasteiger partial charge in [-0.3, -0.25) is 4.79 Å². The molecule has 0 aliphatic rings. The summed E-state index contributed by atoms with van der Waals surface area (Å²) in [5, 5.41) is 11.9. The van der Waals surface area contributed by atoms with E-state index in [0.29, 0.717) is 18.9 Å². The van der Waals surface area contributed by atoms with Crippen molar-refractivity contribution in [3.8, 4) is 17.1 Å². The summed E-state index contributed by atoms with van der Waals surface area (Å²) in [5.41, 5.74) is 4.90. The predicted molar refractivity (Wildman–Crippen MR) is 106 cm³/mol. The minimum Gasteiger partial charge on any atom is -0.481 e. The fourth-order valence-electron chi connectivity index (χ4n) is 2.78. The standard InChI is InChI=1S/C22H22N2O3/c1-23-19-6-3-2-5-18(19)20-7-4-8-21(24-20)27-15-17-11-9-16(10-12-17)13-14-22(25)26/h2-12,23H,13-15H2,1H3,(H,25,26). The second kappa shape index (κ2) is 8.85. The number of carboxylic acids is 1. The molecule has 138 valence electrons. The monoisotopic (exact) mass is 362 g/mol. The molecule has 1 aromatic heterocycles. The van der Waals surface area contributed by atoms with Crippen molar-refractivity contribution in [2.24, 2.45) is 0 Å². The highest BCUT2D eigenvalue weighted by Gasteiger charge is 2.06. The van der Waals surface area contributed by atoms with E-state index in [0.717, 1.165) is 28.1 Å². The van der Waals surface area contributed by atoms with Crippen molar-refractivity contribution in [1.29, 1.82) is 0 Å². The van der Waals surface area contributed by atoms with Gasteiger partial charge in [0.15, 0.2) is 0 Å². The van der Waals surface area contributed by atoms with Crippen LogP contribution in [-0.2, 0) is 17.8 Å². The summed E-state index contributed by atoms with van der Waals surface area (Å²) in [6.07, 6.45) is 0.672. The number of benzene rings is 2. The van der Waals surface area contributed by atoms with E-state index < -0.39 is 5.97 Å². The normalized spacial score (nSPS) is 10.4. The highest BCUT2D eigenvalue weighted by Crippen LogP contribution is 2.27. The largest absolute Gasteiger partial charge is 0.481 e. The Morgan fingerprint density at radius 3 is 2.48 bits per heavy atom. The van der Waals surface area contributed by atoms with Crippen LogP contribution in [0.5, 0.6) is 5.88 Å². The first-order chi connectivity index (χ1) is 13.2. The Balaban J connectivity index is 1.66. The number of rotatable bonds is 8. The lowest BCUT2D eigenvalue weighted by atomic mass is 10.1. The van der Waals surface area contributed by atoms with E-state index in [4.69, 9.17) is 9.84 Å². The van der Waals surface area contributed by atoms with E-state index in [1.807, 2.05) is 73.8 Å². The molecule has 3 aromatic rings. The Kier molecular flexibility index (Phi) is 6.05. The summed E-state index contributed by atoms with van der Waals surface area (Å²) in [6, 6.07) is 21.5. The molecular formula is C22H22N2O3. The lowest BCUT2D eigenvalue weighted by Crippen LogP contribution is -2.00. The first-order valence-electron chi connectivity index (χ1n) is 8.82. The van der Waals surface area contributed by atoms with E-state index in [2.05, 4.69) is 10.3 Å². The molecule has 0 aliphatic carbocycles. The summed E-state index contributed by atoms with van der Waals surface area (Å²) in [6.45, 7) is 0.406. The molecule has 0 saturated heterocycles. The number of nitrogens with zero attached hydrogens (tertiary/aromatic N) is 1. The van der Waals surface area contributed by atoms with E-state index in [1.54, 1.807) is 0 Å². The number of nitrogens with one attached hydrogen (secondary N) is 1. The van der Waals surface area contributed by atoms with Crippen LogP contribution in [0.1, 0.15) is 17.5 Å². The minimum atomic E-state index is -0.784. The number of anilines is 1. The molecule has 0 fully saturated rings. The van der Waals surface area contributed by atoms with Crippen LogP contribution < -0.4 is 10.1 Å². The zero-order valence-corrected chi connectivity index (χ0v) is 15.2. The van der Waals surface area contributed by atoms with Crippen molar-refractivity contribution in [3.63, 3.8) is 0 Å². The molecule has 0 amide bonds. The van der Waals surface area contributed by atoms with Gasteiger partial charge in [0.1, 0.15) is 6.61 Å². The summed E-state index contributed by atoms with van der Waals surface area (Å²) in [5.74, 6) is -0.221. The second-order valence-electron chi connectivity index (χ2n) is 6.16. The van der Waals surface area contributed by atoms with E-state index in [-0.39, 0.29) is 6.42 Å². The van der Waals surface area contributed by atoms with Crippen LogP contribution in [0.2, 0.25) is 0 Å². The van der Waals surface area contributed by atoms with Crippen LogP contribution in [0.15, 0.2) is 66.7 Å². The smallest absolute Gasteiger partial charge is 0.303 e. The number of hydrogen-bond acceptors (Lipinski definition) is 4. The van der Waals surface area contributed by atoms with Gasteiger partial charge in [-0.25, -0.2) is 4.98 Å². The third-order valence-corrected chi connectivity index (χ3v) is 4.23. The number of para-hydroxylation sites is 1. The first kappa shape index (κ1) is 18.5. The molecule has 0 saturated carbocycles. The van der Waals surface area contributed by atoms with Gasteiger partial charge in [0.2, 0.25) is 5.88 Å². The van der Waals surface area contributed by atoms with Gasteiger partial charge in [-0.15, -0.1) is 0 Å². The summed E-state index contributed by atoms with van der Waals surface area (Å²) in [7, 11) is 1.89. The second-order valence-corrected chi connectivity index (χ2v) is 6.16. The van der Waals surface area contributed by atoms with Crippen molar-refractivity contribution in [1.82, 2.24) is 4.98 Å². The predicted octanol–water partition coefficient (Wildman–Crippen LogP) is 4.39. The van der Waals surface area contributed by atoms with Gasteiger partial charge < -0.3 is 15.2 Å². The molecule has 0 radical (unpaired) electrons. The van der Waals surface area contributed by atoms with Crippen LogP contribution in [0, 0.1) is 0 Å². The summed E-state index contributed by atoms with van der Waals surface area (Å²) >= 11 is 0. The average molecular weight is 362 g/mol. The van der Waals surface area contributed by atoms with Crippen LogP contribution >= 0.6 is 0 Å². The summed E-state index contributed by atoms with van der Waals surface area (Å²) in [4.78, 5) is 15.2. The Morgan fingerprint density at radius 2 is 1.74 bits per heavy atom. The van der Waals surface area contributed by atoms with E-state index in [1.165, 1.54) is 0 Å². The lowest BCUT2D eigenvalue weighted by Gasteiger charge is -2.10. The minimum absolute atomic E-state index is 0.140. The molecule has 2 N–H and O–H groups in total. The molecule has 0 bridgehead atoms. The first-order valence-corrected chi connectivity index (χ1v) is 8.82. The quantitative estimate of drug-likeness (QED) is 0.622. The zero-order valence-electron chi connectivity index (χ0n) is 15.2. The number of aromatic nitrogens is 1. The Labute approximate surface area is 158 Å². The molecule has 0 aliphatic heterocycles. The molecule has 27 heavy (non-hydrogen) atoms. The van der Waals surface area contributed by atoms with E-state index in [9.17, 15) is 4.79 Å². The fourth-order valence-corrected chi connectivity index (χ4v) is 2.78. The Morgan fingerprint density at radius 1 is 1.00 bits per heavy atom. The molecule has 0 unspecified atom stereocenters. The third-order valence-electron chi connectivity index (χ3n) is 4.23. The van der Waals surface area contributed by atoms with Gasteiger partial charge >= 0.3 is 5.97 Å². The fraction of sp³-hybridized carbons (Fsp3) is 0.182. The van der Waals surface area contributed by atoms with Crippen LogP contribution in [-0.4, -0.2) is 23.1 Å². The molecule has 5 heteroatoms. The molecule has 1 heterocycles. The van der Waals surface area contributed by atoms with Crippen LogP contribution in [0.25, 0.3) is 11.3 Å². The van der Waals surface area contributed by atoms with Gasteiger partial charge in [0.05, 0.1) is 5.69 Å². The van der Waals surface area contributed by atoms with Gasteiger partial charge in [-0.1, -0.05) is 48.5 Å². The van der Waals surface area contributed by atoms with Crippen molar-refractivity contribution >= 4 is 11.7 Å². The van der Waals surface area contributed by atoms with Crippen molar-refractivity contribution < 1.29 is 14.6 Å². The number of pyridine rings is 1. The molecular weight excluding hydrogens is 340 g/mol. The number of ether oxygens (including phenoxy) is 1. The Bertz CT molecular complexity index is 907. The van der Waals surface area contributed by atoms with Crippen molar-refractivity contribution in [2.45, 2.75) is 19.4 Å². The van der Waals surface area contributed by atoms with Gasteiger partial charge in [-0.05, 0) is 29.7 Å². The maximum absolute atomic E-state index is 10.6. The van der Waals surface area contributed by atoms with Crippen LogP contribution in [0.4, 0.5) is 5.69 Å². The number of carbonyl (C=O) groups is 1. The van der Waals surface area contributed by atoms with E-state index >= 15 is 0 Å². The van der Waals surface area contributed by atoms with Gasteiger partial charge in [0, 0.05) is 30.8 Å². The topological polar surface area (TPSA) is 71.5 Å². The number of carboxylic acid groups (broad SMARTS) is 1. The summed E-state index contributed by atoms with van der Waals surface area (Å²) < 4.78 is 5.84. The average Bonchev–Trinajstić information content (AvgIpc) is 2.71. The van der Waals surface area contributed by atoms with Crippen LogP contribution in [0.3, 0.4) is 0 Å². The third kappa shape index (κ3) is 5.07. The SMILES string of the molecule is CNc1ccccc1-c1cccc(OCc2ccc(CCC(=O)O)cc2)n1. The maximum Gasteiger partial charge on any atom is 0.303 e. The zero-order chi connectivity index (χ0) is 19.1. The lowest BCUT2D eigenvalue weighted by molar-refractivity contribution is -0.136. The molecule has 0 spiro atoms. The van der Waals surface area contributed by atoms with Gasteiger partial charge in [-0.2, -0.15) is 0 Å². The molecule has 5 nitrogen and oxygen atoms in total. The van der Waals surface area contributed by atoms with Gasteiger partial charge in [0.25, 0.3) is 0 Å². The molecule has 2 aromatic carbocycles. The van der Waals surface area contributed by atoms with Crippen molar-refractivity contribution in [2.75, 3.05) is 12.4 Å². The molecule has 0 atom stereocenters. The number of hydrogen-bond donors (Lipinski definition) is 2. The molecule has 3 rings (SSSR count). The maximum atomic E-state index is 10.6. The highest BCUT2D eigenvalue weighted by atomic mass is 16.5. The number of aryl methyl sites for hydroxylation is 1.